The maximum atomic E-state index is 15.1. The fourth-order valence-electron chi connectivity index (χ4n) is 3.08. The number of carbonyl (C=O) groups is 2. The first kappa shape index (κ1) is 19.3. The summed E-state index contributed by atoms with van der Waals surface area (Å²) in [6.45, 7) is 1.21. The van der Waals surface area contributed by atoms with Crippen LogP contribution >= 0.6 is 11.6 Å². The molecule has 27 heavy (non-hydrogen) atoms. The van der Waals surface area contributed by atoms with E-state index in [1.165, 1.54) is 13.0 Å². The summed E-state index contributed by atoms with van der Waals surface area (Å²) in [5.41, 5.74) is -2.66. The molecular weight excluding hydrogens is 375 g/mol. The smallest absolute Gasteiger partial charge is 0.338 e. The van der Waals surface area contributed by atoms with Gasteiger partial charge in [-0.2, -0.15) is 0 Å². The van der Waals surface area contributed by atoms with Crippen LogP contribution in [-0.4, -0.2) is 40.5 Å². The number of esters is 1. The van der Waals surface area contributed by atoms with Gasteiger partial charge in [-0.1, -0.05) is 48.0 Å². The van der Waals surface area contributed by atoms with Crippen molar-refractivity contribution in [2.24, 2.45) is 0 Å². The highest BCUT2D eigenvalue weighted by molar-refractivity contribution is 6.20. The van der Waals surface area contributed by atoms with Gasteiger partial charge in [0.15, 0.2) is 17.3 Å². The maximum absolute atomic E-state index is 15.1. The van der Waals surface area contributed by atoms with Crippen LogP contribution in [0.4, 0.5) is 4.39 Å². The van der Waals surface area contributed by atoms with Crippen molar-refractivity contribution in [1.29, 1.82) is 0 Å². The van der Waals surface area contributed by atoms with Crippen molar-refractivity contribution in [3.05, 3.63) is 71.3 Å². The molecule has 3 rings (SSSR count). The molecule has 0 aromatic heterocycles. The first-order chi connectivity index (χ1) is 12.8. The van der Waals surface area contributed by atoms with Crippen LogP contribution in [0.2, 0.25) is 0 Å². The molecule has 5 nitrogen and oxygen atoms in total. The summed E-state index contributed by atoms with van der Waals surface area (Å²) < 4.78 is 26.0. The summed E-state index contributed by atoms with van der Waals surface area (Å²) in [6, 6.07) is 14.5. The largest absolute Gasteiger partial charge is 0.478 e. The van der Waals surface area contributed by atoms with Gasteiger partial charge in [-0.3, -0.25) is 0 Å². The summed E-state index contributed by atoms with van der Waals surface area (Å²) in [7, 11) is 0. The number of rotatable bonds is 5. The first-order valence-electron chi connectivity index (χ1n) is 8.36. The average Bonchev–Trinajstić information content (AvgIpc) is 2.85. The van der Waals surface area contributed by atoms with Crippen molar-refractivity contribution < 1.29 is 28.6 Å². The number of ether oxygens (including phenoxy) is 2. The lowest BCUT2D eigenvalue weighted by molar-refractivity contribution is -0.0236. The van der Waals surface area contributed by atoms with Crippen LogP contribution in [-0.2, 0) is 15.9 Å². The predicted molar refractivity (Wildman–Crippen MR) is 96.8 cm³/mol. The predicted octanol–water partition coefficient (Wildman–Crippen LogP) is 3.84. The highest BCUT2D eigenvalue weighted by Crippen LogP contribution is 2.40. The van der Waals surface area contributed by atoms with Crippen molar-refractivity contribution >= 4 is 23.5 Å². The standard InChI is InChI=1S/C20H18ClFO5/c1-20(22)16(27-18(25)12-7-3-2-4-8-12)15(26-19(20)21)11-13-9-5-6-10-14(13)17(23)24/h2-10,15-16,19H,11H2,1H3,(H,23,24)/t15-,16-,19+,20-/m1/s1. The molecule has 7 heteroatoms. The second-order valence-electron chi connectivity index (χ2n) is 6.50. The Balaban J connectivity index is 1.85. The number of carboxylic acid groups (broad SMARTS) is 1. The molecule has 1 saturated heterocycles. The van der Waals surface area contributed by atoms with E-state index < -0.39 is 35.4 Å². The van der Waals surface area contributed by atoms with Crippen LogP contribution in [0.15, 0.2) is 54.6 Å². The molecule has 0 unspecified atom stereocenters. The second kappa shape index (κ2) is 7.66. The summed E-state index contributed by atoms with van der Waals surface area (Å²) in [5, 5.41) is 9.33. The van der Waals surface area contributed by atoms with E-state index in [9.17, 15) is 14.7 Å². The third-order valence-corrected chi connectivity index (χ3v) is 5.07. The van der Waals surface area contributed by atoms with Crippen molar-refractivity contribution in [2.45, 2.75) is 36.8 Å². The Bertz CT molecular complexity index is 839. The van der Waals surface area contributed by atoms with Gasteiger partial charge in [-0.05, 0) is 30.7 Å². The number of halogens is 2. The SMILES string of the molecule is C[C@@]1(F)[C@H](OC(=O)c2ccccc2)[C@@H](Cc2ccccc2C(=O)O)O[C@@H]1Cl. The van der Waals surface area contributed by atoms with Crippen LogP contribution in [0.1, 0.15) is 33.2 Å². The molecule has 0 amide bonds. The Hall–Kier alpha value is -2.44. The number of alkyl halides is 2. The maximum Gasteiger partial charge on any atom is 0.338 e. The van der Waals surface area contributed by atoms with Crippen molar-refractivity contribution in [3.63, 3.8) is 0 Å². The lowest BCUT2D eigenvalue weighted by Crippen LogP contribution is -2.43. The van der Waals surface area contributed by atoms with E-state index in [1.807, 2.05) is 0 Å². The fourth-order valence-corrected chi connectivity index (χ4v) is 3.33. The third-order valence-electron chi connectivity index (χ3n) is 4.54. The van der Waals surface area contributed by atoms with Gasteiger partial charge in [0, 0.05) is 6.42 Å². The van der Waals surface area contributed by atoms with Gasteiger partial charge in [-0.25, -0.2) is 14.0 Å². The molecule has 1 heterocycles. The van der Waals surface area contributed by atoms with Gasteiger partial charge in [0.2, 0.25) is 0 Å². The minimum absolute atomic E-state index is 0.0396. The zero-order valence-electron chi connectivity index (χ0n) is 14.5. The van der Waals surface area contributed by atoms with Gasteiger partial charge in [-0.15, -0.1) is 0 Å². The highest BCUT2D eigenvalue weighted by atomic mass is 35.5. The molecular formula is C20H18ClFO5. The molecule has 1 fully saturated rings. The molecule has 2 aromatic carbocycles. The van der Waals surface area contributed by atoms with Crippen LogP contribution in [0, 0.1) is 0 Å². The summed E-state index contributed by atoms with van der Waals surface area (Å²) >= 11 is 5.99. The number of hydrogen-bond donors (Lipinski definition) is 1. The third kappa shape index (κ3) is 3.96. The normalized spacial score (nSPS) is 27.3. The average molecular weight is 393 g/mol. The molecule has 0 radical (unpaired) electrons. The first-order valence-corrected chi connectivity index (χ1v) is 8.80. The van der Waals surface area contributed by atoms with Crippen LogP contribution in [0.3, 0.4) is 0 Å². The van der Waals surface area contributed by atoms with E-state index in [-0.39, 0.29) is 17.5 Å². The van der Waals surface area contributed by atoms with Crippen molar-refractivity contribution in [2.75, 3.05) is 0 Å². The van der Waals surface area contributed by atoms with Gasteiger partial charge in [0.25, 0.3) is 0 Å². The number of carboxylic acids is 1. The Morgan fingerprint density at radius 3 is 2.48 bits per heavy atom. The molecule has 142 valence electrons. The highest BCUT2D eigenvalue weighted by Gasteiger charge is 2.56. The lowest BCUT2D eigenvalue weighted by atomic mass is 9.94. The van der Waals surface area contributed by atoms with Crippen LogP contribution < -0.4 is 0 Å². The number of aromatic carboxylic acids is 1. The molecule has 4 atom stereocenters. The van der Waals surface area contributed by atoms with Crippen molar-refractivity contribution in [3.8, 4) is 0 Å². The van der Waals surface area contributed by atoms with E-state index in [2.05, 4.69) is 0 Å². The number of benzene rings is 2. The molecule has 1 aliphatic heterocycles. The molecule has 0 saturated carbocycles. The van der Waals surface area contributed by atoms with E-state index in [0.29, 0.717) is 5.56 Å². The van der Waals surface area contributed by atoms with Crippen LogP contribution in [0.25, 0.3) is 0 Å². The zero-order valence-corrected chi connectivity index (χ0v) is 15.2. The van der Waals surface area contributed by atoms with Crippen LogP contribution in [0.5, 0.6) is 0 Å². The Morgan fingerprint density at radius 2 is 1.81 bits per heavy atom. The zero-order chi connectivity index (χ0) is 19.6. The lowest BCUT2D eigenvalue weighted by Gasteiger charge is -2.26. The summed E-state index contributed by atoms with van der Waals surface area (Å²) in [6.07, 6.45) is -2.16. The van der Waals surface area contributed by atoms with E-state index >= 15 is 4.39 Å². The molecule has 0 aliphatic carbocycles. The molecule has 0 bridgehead atoms. The minimum Gasteiger partial charge on any atom is -0.478 e. The Labute approximate surface area is 160 Å². The Morgan fingerprint density at radius 1 is 1.19 bits per heavy atom. The molecule has 1 aliphatic rings. The monoisotopic (exact) mass is 392 g/mol. The number of carbonyl (C=O) groups excluding carboxylic acids is 1. The molecule has 0 spiro atoms. The van der Waals surface area contributed by atoms with E-state index in [4.69, 9.17) is 21.1 Å². The number of hydrogen-bond acceptors (Lipinski definition) is 4. The topological polar surface area (TPSA) is 72.8 Å². The van der Waals surface area contributed by atoms with Gasteiger partial charge < -0.3 is 14.6 Å². The van der Waals surface area contributed by atoms with E-state index in [1.54, 1.807) is 48.5 Å². The van der Waals surface area contributed by atoms with E-state index in [0.717, 1.165) is 0 Å². The quantitative estimate of drug-likeness (QED) is 0.618. The summed E-state index contributed by atoms with van der Waals surface area (Å²) in [5.74, 6) is -1.80. The van der Waals surface area contributed by atoms with Gasteiger partial charge in [0.05, 0.1) is 11.1 Å². The summed E-state index contributed by atoms with van der Waals surface area (Å²) in [4.78, 5) is 23.8. The Kier molecular flexibility index (Phi) is 5.48. The fraction of sp³-hybridized carbons (Fsp3) is 0.300. The van der Waals surface area contributed by atoms with Gasteiger partial charge >= 0.3 is 11.9 Å². The van der Waals surface area contributed by atoms with Gasteiger partial charge in [0.1, 0.15) is 6.10 Å². The molecule has 1 N–H and O–H groups in total. The second-order valence-corrected chi connectivity index (χ2v) is 6.90. The van der Waals surface area contributed by atoms with Crippen molar-refractivity contribution in [1.82, 2.24) is 0 Å². The molecule has 2 aromatic rings. The minimum atomic E-state index is -2.13.